The average molecular weight is 520 g/mol. The van der Waals surface area contributed by atoms with Gasteiger partial charge < -0.3 is 9.84 Å². The molecule has 2 aromatic heterocycles. The van der Waals surface area contributed by atoms with Gasteiger partial charge in [-0.1, -0.05) is 49.4 Å². The highest BCUT2D eigenvalue weighted by molar-refractivity contribution is 7.91. The Labute approximate surface area is 216 Å². The van der Waals surface area contributed by atoms with Crippen molar-refractivity contribution in [2.24, 2.45) is 0 Å². The van der Waals surface area contributed by atoms with Gasteiger partial charge in [0.25, 0.3) is 5.56 Å². The van der Waals surface area contributed by atoms with Crippen molar-refractivity contribution >= 4 is 9.84 Å². The fourth-order valence-electron chi connectivity index (χ4n) is 4.37. The number of nitrogens with zero attached hydrogens (tertiary/aromatic N) is 3. The number of ether oxygens (including phenoxy) is 1. The number of hydrogen-bond donors (Lipinski definition) is 1. The van der Waals surface area contributed by atoms with E-state index >= 15 is 0 Å². The second-order valence-electron chi connectivity index (χ2n) is 8.55. The molecule has 0 bridgehead atoms. The van der Waals surface area contributed by atoms with Gasteiger partial charge in [0.15, 0.2) is 4.90 Å². The normalized spacial score (nSPS) is 12.4. The third-order valence-electron chi connectivity index (χ3n) is 6.21. The quantitative estimate of drug-likeness (QED) is 0.341. The van der Waals surface area contributed by atoms with E-state index in [0.717, 1.165) is 22.3 Å². The maximum absolute atomic E-state index is 13.8. The summed E-state index contributed by atoms with van der Waals surface area (Å²) in [7, 11) is -4.39. The summed E-state index contributed by atoms with van der Waals surface area (Å²) in [5.74, 6) is -0.685. The Hall–Kier alpha value is -3.82. The zero-order chi connectivity index (χ0) is 26.6. The Morgan fingerprint density at radius 1 is 1.03 bits per heavy atom. The molecule has 0 saturated heterocycles. The molecule has 0 spiro atoms. The summed E-state index contributed by atoms with van der Waals surface area (Å²) in [5.41, 5.74) is 2.64. The molecule has 4 rings (SSSR count). The van der Waals surface area contributed by atoms with Crippen LogP contribution < -0.4 is 5.56 Å². The van der Waals surface area contributed by atoms with E-state index in [9.17, 15) is 18.3 Å². The summed E-state index contributed by atoms with van der Waals surface area (Å²) in [6.07, 6.45) is 3.89. The Morgan fingerprint density at radius 2 is 1.73 bits per heavy atom. The molecule has 192 valence electrons. The topological polar surface area (TPSA) is 111 Å². The molecular formula is C28H29N3O5S. The number of pyridine rings is 1. The number of hydrogen-bond acceptors (Lipinski definition) is 7. The predicted molar refractivity (Wildman–Crippen MR) is 140 cm³/mol. The number of sulfone groups is 1. The van der Waals surface area contributed by atoms with E-state index in [1.54, 1.807) is 31.5 Å². The van der Waals surface area contributed by atoms with Gasteiger partial charge in [-0.3, -0.25) is 14.3 Å². The fraction of sp³-hybridized carbons (Fsp3) is 0.250. The molecule has 1 atom stereocenters. The minimum atomic E-state index is -4.39. The van der Waals surface area contributed by atoms with E-state index in [4.69, 9.17) is 4.74 Å². The molecule has 8 nitrogen and oxygen atoms in total. The van der Waals surface area contributed by atoms with Crippen LogP contribution in [0.4, 0.5) is 0 Å². The van der Waals surface area contributed by atoms with Gasteiger partial charge >= 0.3 is 0 Å². The summed E-state index contributed by atoms with van der Waals surface area (Å²) in [4.78, 5) is 21.2. The maximum atomic E-state index is 13.8. The van der Waals surface area contributed by atoms with E-state index in [1.807, 2.05) is 50.2 Å². The second kappa shape index (κ2) is 11.1. The predicted octanol–water partition coefficient (Wildman–Crippen LogP) is 4.69. The zero-order valence-corrected chi connectivity index (χ0v) is 21.8. The van der Waals surface area contributed by atoms with Gasteiger partial charge in [-0.15, -0.1) is 0 Å². The van der Waals surface area contributed by atoms with Crippen molar-refractivity contribution in [2.75, 3.05) is 6.61 Å². The fourth-order valence-corrected chi connectivity index (χ4v) is 5.72. The van der Waals surface area contributed by atoms with Gasteiger partial charge in [-0.05, 0) is 60.7 Å². The smallest absolute Gasteiger partial charge is 0.277 e. The number of aryl methyl sites for hydroxylation is 1. The van der Waals surface area contributed by atoms with Crippen molar-refractivity contribution in [2.45, 2.75) is 49.6 Å². The van der Waals surface area contributed by atoms with Crippen molar-refractivity contribution in [1.82, 2.24) is 14.5 Å². The van der Waals surface area contributed by atoms with Crippen LogP contribution in [0, 0.1) is 6.92 Å². The van der Waals surface area contributed by atoms with Crippen LogP contribution >= 0.6 is 0 Å². The number of rotatable bonds is 9. The lowest BCUT2D eigenvalue weighted by molar-refractivity contribution is 0.122. The van der Waals surface area contributed by atoms with Gasteiger partial charge in [0, 0.05) is 19.0 Å². The lowest BCUT2D eigenvalue weighted by atomic mass is 10.0. The minimum absolute atomic E-state index is 0.0526. The summed E-state index contributed by atoms with van der Waals surface area (Å²) in [5, 5.41) is 10.7. The molecule has 0 radical (unpaired) electrons. The first-order valence-electron chi connectivity index (χ1n) is 12.0. The number of aromatic hydroxyl groups is 1. The van der Waals surface area contributed by atoms with Gasteiger partial charge in [0.1, 0.15) is 12.4 Å². The molecule has 1 N–H and O–H groups in total. The number of aromatic nitrogens is 3. The van der Waals surface area contributed by atoms with Crippen molar-refractivity contribution < 1.29 is 18.3 Å². The molecule has 4 aromatic rings. The summed E-state index contributed by atoms with van der Waals surface area (Å²) < 4.78 is 34.1. The van der Waals surface area contributed by atoms with Crippen LogP contribution in [-0.4, -0.2) is 34.7 Å². The molecule has 2 aromatic carbocycles. The summed E-state index contributed by atoms with van der Waals surface area (Å²) in [6, 6.07) is 16.8. The molecule has 0 saturated carbocycles. The number of benzene rings is 2. The molecule has 37 heavy (non-hydrogen) atoms. The van der Waals surface area contributed by atoms with E-state index < -0.39 is 32.2 Å². The Morgan fingerprint density at radius 3 is 2.35 bits per heavy atom. The molecule has 9 heteroatoms. The van der Waals surface area contributed by atoms with Crippen LogP contribution in [0.5, 0.6) is 5.88 Å². The van der Waals surface area contributed by atoms with E-state index in [-0.39, 0.29) is 17.3 Å². The molecule has 0 amide bonds. The van der Waals surface area contributed by atoms with Crippen LogP contribution in [0.3, 0.4) is 0 Å². The van der Waals surface area contributed by atoms with Crippen LogP contribution in [0.15, 0.2) is 87.6 Å². The SMILES string of the molecule is CCOCc1nc(O)c(S(=O)(=O)c2ccc(-c3ccncc3C)cc2)c(=O)n1C(CC)c1ccccc1. The van der Waals surface area contributed by atoms with Gasteiger partial charge in [-0.25, -0.2) is 8.42 Å². The molecule has 0 aliphatic rings. The molecule has 0 aliphatic carbocycles. The highest BCUT2D eigenvalue weighted by Gasteiger charge is 2.31. The third kappa shape index (κ3) is 5.19. The first kappa shape index (κ1) is 26.2. The monoisotopic (exact) mass is 519 g/mol. The van der Waals surface area contributed by atoms with E-state index in [2.05, 4.69) is 9.97 Å². The third-order valence-corrected chi connectivity index (χ3v) is 8.00. The lowest BCUT2D eigenvalue weighted by Gasteiger charge is -2.23. The van der Waals surface area contributed by atoms with Crippen LogP contribution in [0.25, 0.3) is 11.1 Å². The van der Waals surface area contributed by atoms with Gasteiger partial charge in [0.05, 0.1) is 10.9 Å². The Bertz CT molecular complexity index is 1550. The highest BCUT2D eigenvalue weighted by atomic mass is 32.2. The summed E-state index contributed by atoms with van der Waals surface area (Å²) in [6.45, 7) is 5.92. The van der Waals surface area contributed by atoms with Crippen molar-refractivity contribution in [3.8, 4) is 17.0 Å². The second-order valence-corrected chi connectivity index (χ2v) is 10.4. The standard InChI is InChI=1S/C28H29N3O5S/c1-4-24(21-9-7-6-8-10-21)31-25(18-36-5-2)30-27(32)26(28(31)33)37(34,35)22-13-11-20(12-14-22)23-15-16-29-17-19(23)3/h6-17,24,32H,4-5,18H2,1-3H3. The first-order chi connectivity index (χ1) is 17.8. The van der Waals surface area contributed by atoms with Crippen LogP contribution in [0.2, 0.25) is 0 Å². The van der Waals surface area contributed by atoms with Crippen molar-refractivity contribution in [1.29, 1.82) is 0 Å². The maximum Gasteiger partial charge on any atom is 0.277 e. The average Bonchev–Trinajstić information content (AvgIpc) is 2.90. The largest absolute Gasteiger partial charge is 0.492 e. The van der Waals surface area contributed by atoms with Crippen LogP contribution in [0.1, 0.15) is 43.3 Å². The Kier molecular flexibility index (Phi) is 7.85. The van der Waals surface area contributed by atoms with Crippen LogP contribution in [-0.2, 0) is 21.2 Å². The summed E-state index contributed by atoms with van der Waals surface area (Å²) >= 11 is 0. The lowest BCUT2D eigenvalue weighted by Crippen LogP contribution is -2.33. The zero-order valence-electron chi connectivity index (χ0n) is 21.0. The molecule has 0 fully saturated rings. The Balaban J connectivity index is 1.86. The minimum Gasteiger partial charge on any atom is -0.492 e. The molecule has 0 aliphatic heterocycles. The van der Waals surface area contributed by atoms with Crippen molar-refractivity contribution in [3.05, 3.63) is 100 Å². The van der Waals surface area contributed by atoms with Gasteiger partial charge in [0.2, 0.25) is 15.7 Å². The first-order valence-corrected chi connectivity index (χ1v) is 13.5. The van der Waals surface area contributed by atoms with E-state index in [0.29, 0.717) is 13.0 Å². The molecule has 2 heterocycles. The van der Waals surface area contributed by atoms with Gasteiger partial charge in [-0.2, -0.15) is 4.98 Å². The molecule has 1 unspecified atom stereocenters. The van der Waals surface area contributed by atoms with E-state index in [1.165, 1.54) is 16.7 Å². The molecular weight excluding hydrogens is 490 g/mol. The van der Waals surface area contributed by atoms with Crippen molar-refractivity contribution in [3.63, 3.8) is 0 Å². The highest BCUT2D eigenvalue weighted by Crippen LogP contribution is 2.30.